The van der Waals surface area contributed by atoms with Gasteiger partial charge in [-0.3, -0.25) is 4.79 Å². The van der Waals surface area contributed by atoms with Crippen molar-refractivity contribution in [3.63, 3.8) is 0 Å². The number of carbonyl (C=O) groups excluding carboxylic acids is 1. The first-order valence-corrected chi connectivity index (χ1v) is 32.3. The van der Waals surface area contributed by atoms with Crippen molar-refractivity contribution in [3.8, 4) is 0 Å². The molecule has 1 amide bonds. The number of aliphatic hydroxyl groups is 8. The van der Waals surface area contributed by atoms with Crippen molar-refractivity contribution in [1.82, 2.24) is 5.32 Å². The maximum Gasteiger partial charge on any atom is 0.220 e. The Hall–Kier alpha value is -1.01. The van der Waals surface area contributed by atoms with Gasteiger partial charge in [-0.1, -0.05) is 277 Å². The van der Waals surface area contributed by atoms with Crippen molar-refractivity contribution >= 4 is 5.91 Å². The number of ether oxygens (including phenoxy) is 4. The van der Waals surface area contributed by atoms with Gasteiger partial charge >= 0.3 is 0 Å². The van der Waals surface area contributed by atoms with E-state index < -0.39 is 86.8 Å². The van der Waals surface area contributed by atoms with E-state index >= 15 is 0 Å². The van der Waals surface area contributed by atoms with Gasteiger partial charge < -0.3 is 65.1 Å². The van der Waals surface area contributed by atoms with Crippen molar-refractivity contribution in [2.75, 3.05) is 19.8 Å². The smallest absolute Gasteiger partial charge is 0.220 e. The molecule has 2 rings (SSSR count). The van der Waals surface area contributed by atoms with E-state index in [1.165, 1.54) is 218 Å². The molecule has 0 saturated carbocycles. The lowest BCUT2D eigenvalue weighted by Crippen LogP contribution is -2.65. The number of rotatable bonds is 53. The molecule has 0 bridgehead atoms. The molecule has 2 aliphatic rings. The number of hydrogen-bond acceptors (Lipinski definition) is 13. The number of nitrogens with one attached hydrogen (secondary N) is 1. The summed E-state index contributed by atoms with van der Waals surface area (Å²) in [6.45, 7) is 2.91. The quantitative estimate of drug-likeness (QED) is 0.0259. The normalized spacial score (nSPS) is 24.8. The second kappa shape index (κ2) is 48.7. The monoisotopic (exact) mass is 1090 g/mol. The molecule has 12 atom stereocenters. The van der Waals surface area contributed by atoms with Crippen LogP contribution in [0.5, 0.6) is 0 Å². The van der Waals surface area contributed by atoms with Crippen molar-refractivity contribution < 1.29 is 64.6 Å². The van der Waals surface area contributed by atoms with Crippen LogP contribution in [0, 0.1) is 0 Å². The van der Waals surface area contributed by atoms with Crippen LogP contribution < -0.4 is 5.32 Å². The summed E-state index contributed by atoms with van der Waals surface area (Å²) in [4.78, 5) is 13.3. The zero-order valence-corrected chi connectivity index (χ0v) is 48.8. The fourth-order valence-corrected chi connectivity index (χ4v) is 11.1. The third kappa shape index (κ3) is 33.7. The molecule has 0 aromatic heterocycles. The van der Waals surface area contributed by atoms with Gasteiger partial charge in [-0.25, -0.2) is 0 Å². The first kappa shape index (κ1) is 71.1. The molecule has 0 aliphatic carbocycles. The van der Waals surface area contributed by atoms with E-state index in [9.17, 15) is 45.6 Å². The lowest BCUT2D eigenvalue weighted by molar-refractivity contribution is -0.359. The van der Waals surface area contributed by atoms with Crippen LogP contribution in [0.3, 0.4) is 0 Å². The molecule has 14 nitrogen and oxygen atoms in total. The Morgan fingerprint density at radius 3 is 1.12 bits per heavy atom. The molecule has 452 valence electrons. The highest BCUT2D eigenvalue weighted by atomic mass is 16.7. The second-order valence-corrected chi connectivity index (χ2v) is 23.3. The van der Waals surface area contributed by atoms with E-state index in [4.69, 9.17) is 18.9 Å². The minimum absolute atomic E-state index is 0.199. The van der Waals surface area contributed by atoms with Gasteiger partial charge in [-0.2, -0.15) is 0 Å². The van der Waals surface area contributed by atoms with Gasteiger partial charge in [0.15, 0.2) is 12.6 Å². The third-order valence-electron chi connectivity index (χ3n) is 16.3. The molecule has 0 aromatic rings. The van der Waals surface area contributed by atoms with Gasteiger partial charge in [-0.15, -0.1) is 0 Å². The van der Waals surface area contributed by atoms with Crippen molar-refractivity contribution in [2.24, 2.45) is 0 Å². The lowest BCUT2D eigenvalue weighted by Gasteiger charge is -2.46. The molecule has 2 saturated heterocycles. The number of hydrogen-bond donors (Lipinski definition) is 9. The van der Waals surface area contributed by atoms with Crippen LogP contribution in [0.25, 0.3) is 0 Å². The topological polar surface area (TPSA) is 228 Å². The zero-order valence-electron chi connectivity index (χ0n) is 48.8. The summed E-state index contributed by atoms with van der Waals surface area (Å²) in [6.07, 6.45) is 38.3. The van der Waals surface area contributed by atoms with Crippen LogP contribution in [0.15, 0.2) is 0 Å². The van der Waals surface area contributed by atoms with E-state index in [1.54, 1.807) is 0 Å². The molecule has 0 radical (unpaired) electrons. The standard InChI is InChI=1S/C62H121NO13/c1-3-5-7-9-11-13-15-17-19-21-22-23-24-25-26-27-28-29-30-32-34-36-38-40-42-44-46-54(67)63-50(51(66)45-43-41-39-37-35-33-31-20-18-16-14-12-10-8-6-4-2)49-73-61-59(72)57(70)60(53(48-65)75-61)76-62-58(71)56(69)55(68)52(47-64)74-62/h50-53,55-62,64-66,68-72H,3-49H2,1-2H3,(H,63,67)/t50-,51+,52+,53+,55-,56?,57?,58?,59?,60+,61+,62-/m0/s1. The average Bonchev–Trinajstić information content (AvgIpc) is 3.42. The third-order valence-corrected chi connectivity index (χ3v) is 16.3. The highest BCUT2D eigenvalue weighted by molar-refractivity contribution is 5.76. The Kier molecular flexibility index (Phi) is 45.5. The van der Waals surface area contributed by atoms with Crippen LogP contribution in [-0.2, 0) is 23.7 Å². The Morgan fingerprint density at radius 2 is 0.750 bits per heavy atom. The SMILES string of the molecule is CCCCCCCCCCCCCCCCCCCCCCCCCCCCC(=O)N[C@@H](CO[C@@H]1O[C@H](CO)[C@@H](O[C@@H]2O[C@H](CO)[C@H](O)C(O)C2O)C(O)C1O)[C@H](O)CCCCCCCCCCCCCCCCCC. The van der Waals surface area contributed by atoms with Crippen molar-refractivity contribution in [3.05, 3.63) is 0 Å². The van der Waals surface area contributed by atoms with Crippen molar-refractivity contribution in [2.45, 2.75) is 370 Å². The summed E-state index contributed by atoms with van der Waals surface area (Å²) < 4.78 is 22.9. The fraction of sp³-hybridized carbons (Fsp3) is 0.984. The Bertz CT molecular complexity index is 1280. The summed E-state index contributed by atoms with van der Waals surface area (Å²) in [7, 11) is 0. The minimum atomic E-state index is -1.78. The summed E-state index contributed by atoms with van der Waals surface area (Å²) in [5.41, 5.74) is 0. The zero-order chi connectivity index (χ0) is 55.3. The van der Waals surface area contributed by atoms with Gasteiger partial charge in [0.1, 0.15) is 48.8 Å². The van der Waals surface area contributed by atoms with Gasteiger partial charge in [0.05, 0.1) is 32.0 Å². The van der Waals surface area contributed by atoms with Gasteiger partial charge in [0, 0.05) is 6.42 Å². The highest BCUT2D eigenvalue weighted by Gasteiger charge is 2.51. The van der Waals surface area contributed by atoms with Crippen LogP contribution in [0.4, 0.5) is 0 Å². The molecule has 0 spiro atoms. The minimum Gasteiger partial charge on any atom is -0.394 e. The first-order chi connectivity index (χ1) is 37.1. The van der Waals surface area contributed by atoms with Crippen LogP contribution in [0.1, 0.15) is 296 Å². The average molecular weight is 1090 g/mol. The Morgan fingerprint density at radius 1 is 0.421 bits per heavy atom. The molecule has 0 aromatic carbocycles. The largest absolute Gasteiger partial charge is 0.394 e. The highest BCUT2D eigenvalue weighted by Crippen LogP contribution is 2.30. The maximum atomic E-state index is 13.3. The fourth-order valence-electron chi connectivity index (χ4n) is 11.1. The van der Waals surface area contributed by atoms with Crippen molar-refractivity contribution in [1.29, 1.82) is 0 Å². The predicted molar refractivity (Wildman–Crippen MR) is 305 cm³/mol. The van der Waals surface area contributed by atoms with E-state index in [0.29, 0.717) is 12.8 Å². The molecule has 2 heterocycles. The summed E-state index contributed by atoms with van der Waals surface area (Å²) in [6, 6.07) is -0.823. The van der Waals surface area contributed by atoms with Gasteiger partial charge in [-0.05, 0) is 12.8 Å². The molecular formula is C62H121NO13. The van der Waals surface area contributed by atoms with E-state index in [1.807, 2.05) is 0 Å². The molecule has 4 unspecified atom stereocenters. The van der Waals surface area contributed by atoms with Crippen LogP contribution >= 0.6 is 0 Å². The van der Waals surface area contributed by atoms with E-state index in [2.05, 4.69) is 19.2 Å². The van der Waals surface area contributed by atoms with Crippen LogP contribution in [-0.4, -0.2) is 140 Å². The summed E-state index contributed by atoms with van der Waals surface area (Å²) in [5, 5.41) is 87.4. The molecule has 76 heavy (non-hydrogen) atoms. The Labute approximate surface area is 464 Å². The molecule has 2 fully saturated rings. The molecule has 9 N–H and O–H groups in total. The summed E-state index contributed by atoms with van der Waals surface area (Å²) in [5.74, 6) is -0.199. The lowest BCUT2D eigenvalue weighted by atomic mass is 9.97. The molecule has 14 heteroatoms. The predicted octanol–water partition coefficient (Wildman–Crippen LogP) is 11.7. The van der Waals surface area contributed by atoms with Crippen LogP contribution in [0.2, 0.25) is 0 Å². The number of unbranched alkanes of at least 4 members (excludes halogenated alkanes) is 40. The van der Waals surface area contributed by atoms with Gasteiger partial charge in [0.25, 0.3) is 0 Å². The Balaban J connectivity index is 1.68. The number of aliphatic hydroxyl groups excluding tert-OH is 8. The molecule has 2 aliphatic heterocycles. The van der Waals surface area contributed by atoms with E-state index in [-0.39, 0.29) is 12.5 Å². The summed E-state index contributed by atoms with van der Waals surface area (Å²) >= 11 is 0. The molecular weight excluding hydrogens is 967 g/mol. The number of carbonyl (C=O) groups is 1. The van der Waals surface area contributed by atoms with E-state index in [0.717, 1.165) is 51.4 Å². The van der Waals surface area contributed by atoms with Gasteiger partial charge in [0.2, 0.25) is 5.91 Å². The second-order valence-electron chi connectivity index (χ2n) is 23.3. The number of amides is 1. The first-order valence-electron chi connectivity index (χ1n) is 32.3. The maximum absolute atomic E-state index is 13.3.